The molecule has 0 amide bonds. The first-order valence-electron chi connectivity index (χ1n) is 23.3. The first-order valence-corrected chi connectivity index (χ1v) is 23.7. The number of fused-ring (bicyclic) bond motifs is 2. The average molecular weight is 1080 g/mol. The second-order valence-electron chi connectivity index (χ2n) is 17.1. The SMILES string of the molecule is CN1c2nc(Cl)ncc2OCC1c1ccccc1OC(F)(F)F.COc1cc(N)ccc1-c1ccnc(C)c1.COc1cc(Nc2ncc3c(n2)N(C)C(c2ccccc2OC(F)(F)F)CO3)ccc1-c1ccnc(C)c1. The minimum Gasteiger partial charge on any atom is -0.496 e. The predicted octanol–water partition coefficient (Wildman–Crippen LogP) is 12.3. The van der Waals surface area contributed by atoms with Crippen LogP contribution in [0.4, 0.5) is 55.3 Å². The van der Waals surface area contributed by atoms with Gasteiger partial charge in [0.05, 0.1) is 38.7 Å². The summed E-state index contributed by atoms with van der Waals surface area (Å²) in [7, 11) is 6.67. The van der Waals surface area contributed by atoms with E-state index in [9.17, 15) is 26.3 Å². The Labute approximate surface area is 443 Å². The van der Waals surface area contributed by atoms with Crippen LogP contribution in [0.3, 0.4) is 0 Å². The number of pyridine rings is 2. The summed E-state index contributed by atoms with van der Waals surface area (Å²) in [6.45, 7) is 4.12. The Bertz CT molecular complexity index is 3360. The summed E-state index contributed by atoms with van der Waals surface area (Å²) in [6, 6.07) is 30.0. The maximum absolute atomic E-state index is 13.0. The summed E-state index contributed by atoms with van der Waals surface area (Å²) in [5.74, 6) is 2.84. The van der Waals surface area contributed by atoms with Gasteiger partial charge >= 0.3 is 12.7 Å². The number of rotatable bonds is 10. The molecule has 23 heteroatoms. The highest BCUT2D eigenvalue weighted by Crippen LogP contribution is 2.43. The van der Waals surface area contributed by atoms with Crippen LogP contribution in [0.1, 0.15) is 34.6 Å². The van der Waals surface area contributed by atoms with Crippen molar-refractivity contribution >= 4 is 40.6 Å². The third-order valence-electron chi connectivity index (χ3n) is 11.9. The van der Waals surface area contributed by atoms with Crippen molar-refractivity contribution in [2.75, 3.05) is 62.4 Å². The highest BCUT2D eigenvalue weighted by molar-refractivity contribution is 6.28. The smallest absolute Gasteiger partial charge is 0.496 e. The minimum atomic E-state index is -4.81. The number of anilines is 5. The Morgan fingerprint density at radius 1 is 0.597 bits per heavy atom. The van der Waals surface area contributed by atoms with E-state index < -0.39 is 24.8 Å². The average Bonchev–Trinajstić information content (AvgIpc) is 3.40. The fourth-order valence-electron chi connectivity index (χ4n) is 8.38. The van der Waals surface area contributed by atoms with Gasteiger partial charge in [-0.1, -0.05) is 36.4 Å². The van der Waals surface area contributed by atoms with Crippen molar-refractivity contribution in [1.29, 1.82) is 0 Å². The molecule has 8 aromatic rings. The van der Waals surface area contributed by atoms with E-state index in [-0.39, 0.29) is 35.9 Å². The zero-order valence-electron chi connectivity index (χ0n) is 42.0. The number of alkyl halides is 6. The van der Waals surface area contributed by atoms with Crippen molar-refractivity contribution in [3.05, 3.63) is 162 Å². The number of aryl methyl sites for hydroxylation is 2. The van der Waals surface area contributed by atoms with Gasteiger partial charge in [0.15, 0.2) is 23.1 Å². The van der Waals surface area contributed by atoms with Gasteiger partial charge in [-0.3, -0.25) is 9.97 Å². The second kappa shape index (κ2) is 23.4. The Balaban J connectivity index is 0.000000170. The van der Waals surface area contributed by atoms with Crippen LogP contribution in [0.5, 0.6) is 34.5 Å². The van der Waals surface area contributed by atoms with Gasteiger partial charge in [0.25, 0.3) is 0 Å². The van der Waals surface area contributed by atoms with Gasteiger partial charge in [-0.25, -0.2) is 9.97 Å². The Morgan fingerprint density at radius 3 is 1.58 bits per heavy atom. The summed E-state index contributed by atoms with van der Waals surface area (Å²) in [5.41, 5.74) is 13.7. The van der Waals surface area contributed by atoms with E-state index in [1.807, 2.05) is 74.5 Å². The van der Waals surface area contributed by atoms with E-state index in [0.29, 0.717) is 51.4 Å². The maximum Gasteiger partial charge on any atom is 0.573 e. The molecule has 2 aliphatic heterocycles. The van der Waals surface area contributed by atoms with Crippen molar-refractivity contribution in [1.82, 2.24) is 29.9 Å². The van der Waals surface area contributed by atoms with Crippen LogP contribution in [-0.2, 0) is 0 Å². The molecule has 0 saturated carbocycles. The molecule has 400 valence electrons. The Hall–Kier alpha value is -8.79. The number of hydrogen-bond donors (Lipinski definition) is 2. The molecule has 0 spiro atoms. The van der Waals surface area contributed by atoms with Crippen LogP contribution in [0.25, 0.3) is 22.3 Å². The number of nitrogens with zero attached hydrogens (tertiary/aromatic N) is 8. The summed E-state index contributed by atoms with van der Waals surface area (Å²) in [5, 5.41) is 3.19. The monoisotopic (exact) mass is 1080 g/mol. The Morgan fingerprint density at radius 2 is 1.08 bits per heavy atom. The number of ether oxygens (including phenoxy) is 6. The molecule has 0 bridgehead atoms. The number of para-hydroxylation sites is 2. The number of methoxy groups -OCH3 is 2. The number of aromatic nitrogens is 6. The third kappa shape index (κ3) is 13.6. The molecule has 0 saturated heterocycles. The first kappa shape index (κ1) is 54.5. The number of nitrogens with one attached hydrogen (secondary N) is 1. The quantitative estimate of drug-likeness (QED) is 0.0750. The summed E-state index contributed by atoms with van der Waals surface area (Å²) < 4.78 is 107. The van der Waals surface area contributed by atoms with Crippen molar-refractivity contribution < 1.29 is 54.8 Å². The highest BCUT2D eigenvalue weighted by atomic mass is 35.5. The van der Waals surface area contributed by atoms with Crippen LogP contribution < -0.4 is 49.3 Å². The molecule has 16 nitrogen and oxygen atoms in total. The number of likely N-dealkylation sites (N-methyl/N-ethyl adjacent to an activating group) is 2. The van der Waals surface area contributed by atoms with E-state index in [0.717, 1.165) is 39.4 Å². The van der Waals surface area contributed by atoms with Crippen LogP contribution in [-0.4, -0.2) is 84.2 Å². The van der Waals surface area contributed by atoms with Gasteiger partial charge in [0.1, 0.15) is 36.2 Å². The van der Waals surface area contributed by atoms with Gasteiger partial charge in [-0.2, -0.15) is 9.97 Å². The highest BCUT2D eigenvalue weighted by Gasteiger charge is 2.37. The fourth-order valence-corrected chi connectivity index (χ4v) is 8.51. The van der Waals surface area contributed by atoms with Crippen molar-refractivity contribution in [2.45, 2.75) is 38.7 Å². The third-order valence-corrected chi connectivity index (χ3v) is 12.1. The molecule has 0 fully saturated rings. The molecule has 2 unspecified atom stereocenters. The molecule has 0 radical (unpaired) electrons. The largest absolute Gasteiger partial charge is 0.573 e. The normalized spacial score (nSPS) is 14.7. The lowest BCUT2D eigenvalue weighted by atomic mass is 10.0. The molecule has 6 heterocycles. The molecule has 10 rings (SSSR count). The zero-order valence-corrected chi connectivity index (χ0v) is 42.8. The van der Waals surface area contributed by atoms with Gasteiger partial charge in [0, 0.05) is 83.6 Å². The van der Waals surface area contributed by atoms with E-state index in [1.54, 1.807) is 74.8 Å². The van der Waals surface area contributed by atoms with Crippen LogP contribution in [0.2, 0.25) is 5.28 Å². The van der Waals surface area contributed by atoms with Gasteiger partial charge in [0.2, 0.25) is 11.2 Å². The first-order chi connectivity index (χ1) is 36.8. The van der Waals surface area contributed by atoms with Gasteiger partial charge in [-0.05, 0) is 97.2 Å². The lowest BCUT2D eigenvalue weighted by Gasteiger charge is -2.35. The summed E-state index contributed by atoms with van der Waals surface area (Å²) in [4.78, 5) is 28.7. The topological polar surface area (TPSA) is 177 Å². The van der Waals surface area contributed by atoms with E-state index in [1.165, 1.54) is 36.7 Å². The maximum atomic E-state index is 13.0. The standard InChI is InChI=1S/C27H24F3N5O3.C14H11ClF3N3O2.C13H14N2O/c1-16-12-17(10-11-31-16)19-9-8-18(13-23(19)36-3)33-26-32-14-24-25(34-26)35(2)21(15-37-24)20-6-4-5-7-22(20)38-27(28,29)30;1-21-9(7-22-11-6-19-13(15)20-12(11)21)8-4-2-3-5-10(8)23-14(16,17)18;1-9-7-10(5-6-15-9)12-4-3-11(14)8-13(12)16-2/h4-14,21H,15H2,1-3H3,(H,32,33,34);2-6,9H,7H2,1H3;3-8H,14H2,1-2H3. The van der Waals surface area contributed by atoms with Gasteiger partial charge in [-0.15, -0.1) is 26.3 Å². The number of benzene rings is 4. The van der Waals surface area contributed by atoms with Gasteiger partial charge < -0.3 is 49.3 Å². The lowest BCUT2D eigenvalue weighted by molar-refractivity contribution is -0.276. The lowest BCUT2D eigenvalue weighted by Crippen LogP contribution is -2.35. The molecule has 0 aliphatic carbocycles. The molecular weight excluding hydrogens is 1030 g/mol. The molecule has 2 atom stereocenters. The van der Waals surface area contributed by atoms with Crippen LogP contribution in [0.15, 0.2) is 134 Å². The minimum absolute atomic E-state index is 0.0275. The van der Waals surface area contributed by atoms with Crippen molar-refractivity contribution in [2.24, 2.45) is 0 Å². The van der Waals surface area contributed by atoms with E-state index in [4.69, 9.17) is 36.3 Å². The molecule has 2 aliphatic rings. The fraction of sp³-hybridized carbons (Fsp3) is 0.222. The van der Waals surface area contributed by atoms with E-state index in [2.05, 4.69) is 44.7 Å². The summed E-state index contributed by atoms with van der Waals surface area (Å²) in [6.07, 6.45) is -3.09. The van der Waals surface area contributed by atoms with Crippen molar-refractivity contribution in [3.8, 4) is 56.8 Å². The number of halogens is 7. The van der Waals surface area contributed by atoms with Crippen LogP contribution in [0, 0.1) is 13.8 Å². The zero-order chi connectivity index (χ0) is 55.0. The summed E-state index contributed by atoms with van der Waals surface area (Å²) >= 11 is 5.78. The molecule has 3 N–H and O–H groups in total. The number of nitrogens with two attached hydrogens (primary N) is 1. The van der Waals surface area contributed by atoms with Crippen molar-refractivity contribution in [3.63, 3.8) is 0 Å². The second-order valence-corrected chi connectivity index (χ2v) is 17.5. The molecule has 4 aromatic carbocycles. The predicted molar refractivity (Wildman–Crippen MR) is 278 cm³/mol. The Kier molecular flexibility index (Phi) is 16.6. The van der Waals surface area contributed by atoms with E-state index >= 15 is 0 Å². The van der Waals surface area contributed by atoms with Crippen LogP contribution >= 0.6 is 11.6 Å². The molecule has 4 aromatic heterocycles. The number of nitrogen functional groups attached to an aromatic ring is 1. The molecular formula is C54H49ClF6N10O6. The molecule has 77 heavy (non-hydrogen) atoms. The number of hydrogen-bond acceptors (Lipinski definition) is 16.